The van der Waals surface area contributed by atoms with Gasteiger partial charge in [-0.15, -0.1) is 0 Å². The summed E-state index contributed by atoms with van der Waals surface area (Å²) >= 11 is 3.70. The molecule has 1 aromatic heterocycles. The van der Waals surface area contributed by atoms with Crippen molar-refractivity contribution in [3.05, 3.63) is 18.2 Å². The molecule has 0 amide bonds. The zero-order valence-corrected chi connectivity index (χ0v) is 12.7. The minimum absolute atomic E-state index is 0.414. The second-order valence-electron chi connectivity index (χ2n) is 5.19. The summed E-state index contributed by atoms with van der Waals surface area (Å²) in [6.07, 6.45) is 7.59. The van der Waals surface area contributed by atoms with E-state index in [4.69, 9.17) is 5.73 Å². The number of nitrogen functional groups attached to an aromatic ring is 1. The first kappa shape index (κ1) is 13.1. The molecular weight excluding hydrogens is 274 g/mol. The van der Waals surface area contributed by atoms with Gasteiger partial charge in [-0.25, -0.2) is 4.98 Å². The van der Waals surface area contributed by atoms with Gasteiger partial charge in [-0.1, -0.05) is 24.2 Å². The van der Waals surface area contributed by atoms with Gasteiger partial charge in [0.2, 0.25) is 0 Å². The zero-order chi connectivity index (χ0) is 13.3. The molecule has 3 N–H and O–H groups in total. The number of hydrogen-bond acceptors (Lipinski definition) is 5. The highest BCUT2D eigenvalue weighted by Gasteiger charge is 2.32. The van der Waals surface area contributed by atoms with Crippen LogP contribution in [0.25, 0.3) is 10.2 Å². The summed E-state index contributed by atoms with van der Waals surface area (Å²) < 4.78 is 1.57. The molecule has 1 saturated carbocycles. The Kier molecular flexibility index (Phi) is 3.58. The monoisotopic (exact) mass is 293 g/mol. The molecule has 1 aliphatic carbocycles. The van der Waals surface area contributed by atoms with Crippen LogP contribution in [0.5, 0.6) is 0 Å². The van der Waals surface area contributed by atoms with Crippen molar-refractivity contribution in [1.82, 2.24) is 4.98 Å². The Morgan fingerprint density at radius 2 is 2.21 bits per heavy atom. The van der Waals surface area contributed by atoms with Gasteiger partial charge in [0, 0.05) is 17.0 Å². The maximum Gasteiger partial charge on any atom is 0.183 e. The molecule has 19 heavy (non-hydrogen) atoms. The predicted molar refractivity (Wildman–Crippen MR) is 87.2 cm³/mol. The molecule has 0 saturated heterocycles. The van der Waals surface area contributed by atoms with E-state index in [1.165, 1.54) is 25.7 Å². The fourth-order valence-electron chi connectivity index (χ4n) is 2.73. The zero-order valence-electron chi connectivity index (χ0n) is 11.1. The molecule has 2 aromatic rings. The summed E-state index contributed by atoms with van der Waals surface area (Å²) in [4.78, 5) is 4.62. The Morgan fingerprint density at radius 3 is 2.95 bits per heavy atom. The Hall–Kier alpha value is -0.940. The molecule has 0 aliphatic heterocycles. The third-order valence-corrected chi connectivity index (χ3v) is 6.32. The molecule has 3 nitrogen and oxygen atoms in total. The van der Waals surface area contributed by atoms with Gasteiger partial charge < -0.3 is 11.1 Å². The number of nitrogens with one attached hydrogen (secondary N) is 1. The molecule has 1 aliphatic rings. The fourth-order valence-corrected chi connectivity index (χ4v) is 4.55. The van der Waals surface area contributed by atoms with E-state index < -0.39 is 0 Å². The number of aromatic nitrogens is 1. The van der Waals surface area contributed by atoms with Crippen molar-refractivity contribution in [1.29, 1.82) is 0 Å². The van der Waals surface area contributed by atoms with Crippen LogP contribution < -0.4 is 11.1 Å². The number of nitrogens with two attached hydrogens (primary N) is 1. The van der Waals surface area contributed by atoms with Gasteiger partial charge in [0.05, 0.1) is 10.2 Å². The molecule has 1 aromatic carbocycles. The van der Waals surface area contributed by atoms with Crippen LogP contribution in [0.1, 0.15) is 25.7 Å². The van der Waals surface area contributed by atoms with Gasteiger partial charge in [-0.2, -0.15) is 11.8 Å². The number of rotatable bonds is 4. The molecule has 0 radical (unpaired) electrons. The second kappa shape index (κ2) is 5.21. The van der Waals surface area contributed by atoms with Gasteiger partial charge in [0.15, 0.2) is 5.13 Å². The van der Waals surface area contributed by atoms with Gasteiger partial charge in [0.1, 0.15) is 0 Å². The van der Waals surface area contributed by atoms with Crippen LogP contribution in [-0.2, 0) is 0 Å². The molecule has 0 spiro atoms. The van der Waals surface area contributed by atoms with Crippen molar-refractivity contribution in [3.63, 3.8) is 0 Å². The lowest BCUT2D eigenvalue weighted by atomic mass is 10.1. The Balaban J connectivity index is 1.74. The van der Waals surface area contributed by atoms with Crippen LogP contribution in [0, 0.1) is 0 Å². The molecule has 102 valence electrons. The van der Waals surface area contributed by atoms with Crippen LogP contribution in [-0.4, -0.2) is 22.5 Å². The quantitative estimate of drug-likeness (QED) is 0.838. The van der Waals surface area contributed by atoms with Gasteiger partial charge in [-0.3, -0.25) is 0 Å². The summed E-state index contributed by atoms with van der Waals surface area (Å²) in [5.74, 6) is 0. The van der Waals surface area contributed by atoms with E-state index in [1.54, 1.807) is 11.3 Å². The topological polar surface area (TPSA) is 50.9 Å². The van der Waals surface area contributed by atoms with Gasteiger partial charge >= 0.3 is 0 Å². The summed E-state index contributed by atoms with van der Waals surface area (Å²) in [6, 6.07) is 5.90. The van der Waals surface area contributed by atoms with Crippen molar-refractivity contribution in [2.75, 3.05) is 23.9 Å². The van der Waals surface area contributed by atoms with E-state index in [0.717, 1.165) is 27.6 Å². The number of thioether (sulfide) groups is 1. The largest absolute Gasteiger partial charge is 0.399 e. The lowest BCUT2D eigenvalue weighted by molar-refractivity contribution is 0.640. The molecule has 1 heterocycles. The highest BCUT2D eigenvalue weighted by atomic mass is 32.2. The number of hydrogen-bond donors (Lipinski definition) is 2. The number of fused-ring (bicyclic) bond motifs is 1. The van der Waals surface area contributed by atoms with Crippen LogP contribution >= 0.6 is 23.1 Å². The molecule has 1 fully saturated rings. The van der Waals surface area contributed by atoms with Crippen LogP contribution in [0.4, 0.5) is 10.8 Å². The molecule has 5 heteroatoms. The normalized spacial score (nSPS) is 17.9. The summed E-state index contributed by atoms with van der Waals surface area (Å²) in [5.41, 5.74) is 7.64. The first-order chi connectivity index (χ1) is 9.21. The maximum absolute atomic E-state index is 5.80. The number of benzene rings is 1. The Bertz CT molecular complexity index is 573. The van der Waals surface area contributed by atoms with Crippen LogP contribution in [0.2, 0.25) is 0 Å². The third-order valence-electron chi connectivity index (χ3n) is 3.92. The second-order valence-corrected chi connectivity index (χ2v) is 7.50. The van der Waals surface area contributed by atoms with Gasteiger partial charge in [-0.05, 0) is 37.3 Å². The van der Waals surface area contributed by atoms with E-state index in [1.807, 2.05) is 30.0 Å². The highest BCUT2D eigenvalue weighted by molar-refractivity contribution is 8.00. The average Bonchev–Trinajstić information content (AvgIpc) is 3.02. The molecule has 0 bridgehead atoms. The van der Waals surface area contributed by atoms with Gasteiger partial charge in [0.25, 0.3) is 0 Å². The third kappa shape index (κ3) is 2.67. The molecule has 0 unspecified atom stereocenters. The standard InChI is InChI=1S/C14H19N3S2/c1-18-14(6-2-3-7-14)9-16-13-17-11-5-4-10(15)8-12(11)19-13/h4-5,8H,2-3,6-7,9,15H2,1H3,(H,16,17). The van der Waals surface area contributed by atoms with Crippen molar-refractivity contribution >= 4 is 44.1 Å². The van der Waals surface area contributed by atoms with E-state index in [-0.39, 0.29) is 0 Å². The molecule has 0 atom stereocenters. The summed E-state index contributed by atoms with van der Waals surface area (Å²) in [5, 5.41) is 4.55. The number of anilines is 2. The van der Waals surface area contributed by atoms with Crippen LogP contribution in [0.15, 0.2) is 18.2 Å². The summed E-state index contributed by atoms with van der Waals surface area (Å²) in [7, 11) is 0. The maximum atomic E-state index is 5.80. The average molecular weight is 293 g/mol. The minimum atomic E-state index is 0.414. The predicted octanol–water partition coefficient (Wildman–Crippen LogP) is 3.97. The van der Waals surface area contributed by atoms with E-state index in [2.05, 4.69) is 16.6 Å². The van der Waals surface area contributed by atoms with E-state index in [9.17, 15) is 0 Å². The fraction of sp³-hybridized carbons (Fsp3) is 0.500. The van der Waals surface area contributed by atoms with Crippen molar-refractivity contribution < 1.29 is 0 Å². The van der Waals surface area contributed by atoms with Crippen molar-refractivity contribution in [3.8, 4) is 0 Å². The lowest BCUT2D eigenvalue weighted by Crippen LogP contribution is -2.29. The molecule has 3 rings (SSSR count). The van der Waals surface area contributed by atoms with Crippen molar-refractivity contribution in [2.24, 2.45) is 0 Å². The van der Waals surface area contributed by atoms with Crippen molar-refractivity contribution in [2.45, 2.75) is 30.4 Å². The SMILES string of the molecule is CSC1(CNc2nc3ccc(N)cc3s2)CCCC1. The Labute approximate surface area is 122 Å². The number of nitrogens with zero attached hydrogens (tertiary/aromatic N) is 1. The van der Waals surface area contributed by atoms with Crippen LogP contribution in [0.3, 0.4) is 0 Å². The van der Waals surface area contributed by atoms with E-state index in [0.29, 0.717) is 4.75 Å². The smallest absolute Gasteiger partial charge is 0.183 e. The minimum Gasteiger partial charge on any atom is -0.399 e. The first-order valence-corrected chi connectivity index (χ1v) is 8.70. The number of thiazole rings is 1. The lowest BCUT2D eigenvalue weighted by Gasteiger charge is -2.26. The van der Waals surface area contributed by atoms with E-state index >= 15 is 0 Å². The Morgan fingerprint density at radius 1 is 1.42 bits per heavy atom. The first-order valence-electron chi connectivity index (χ1n) is 6.66. The molecular formula is C14H19N3S2. The summed E-state index contributed by atoms with van der Waals surface area (Å²) in [6.45, 7) is 1.02. The highest BCUT2D eigenvalue weighted by Crippen LogP contribution is 2.40.